The molecule has 0 aliphatic carbocycles. The number of nitrogens with one attached hydrogen (secondary N) is 2. The number of hydrogen-bond acceptors (Lipinski definition) is 4. The van der Waals surface area contributed by atoms with Crippen molar-refractivity contribution in [1.29, 1.82) is 0 Å². The molecule has 0 saturated carbocycles. The van der Waals surface area contributed by atoms with E-state index in [4.69, 9.17) is 4.74 Å². The zero-order valence-electron chi connectivity index (χ0n) is 15.5. The molecular formula is C22H23N3O2. The summed E-state index contributed by atoms with van der Waals surface area (Å²) in [4.78, 5) is 16.7. The molecule has 2 aromatic carbocycles. The Morgan fingerprint density at radius 1 is 1.07 bits per heavy atom. The molecule has 1 atom stereocenters. The molecule has 0 saturated heterocycles. The maximum atomic E-state index is 12.5. The van der Waals surface area contributed by atoms with Gasteiger partial charge in [0.1, 0.15) is 5.75 Å². The summed E-state index contributed by atoms with van der Waals surface area (Å²) in [5.41, 5.74) is 3.50. The predicted octanol–water partition coefficient (Wildman–Crippen LogP) is 4.19. The molecule has 0 spiro atoms. The van der Waals surface area contributed by atoms with Crippen molar-refractivity contribution in [2.45, 2.75) is 19.5 Å². The minimum atomic E-state index is -0.146. The number of nitrogens with zero attached hydrogens (tertiary/aromatic N) is 1. The maximum absolute atomic E-state index is 12.5. The van der Waals surface area contributed by atoms with Crippen LogP contribution in [0.1, 0.15) is 34.5 Å². The van der Waals surface area contributed by atoms with E-state index >= 15 is 0 Å². The molecule has 1 aromatic heterocycles. The fraction of sp³-hybridized carbons (Fsp3) is 0.182. The smallest absolute Gasteiger partial charge is 0.253 e. The minimum absolute atomic E-state index is 0.0744. The van der Waals surface area contributed by atoms with Crippen LogP contribution in [-0.2, 0) is 6.54 Å². The lowest BCUT2D eigenvalue weighted by Crippen LogP contribution is -2.26. The van der Waals surface area contributed by atoms with Crippen molar-refractivity contribution in [1.82, 2.24) is 10.3 Å². The number of methoxy groups -OCH3 is 1. The van der Waals surface area contributed by atoms with E-state index in [0.29, 0.717) is 12.1 Å². The number of carbonyl (C=O) groups is 1. The normalized spacial score (nSPS) is 11.5. The van der Waals surface area contributed by atoms with Crippen LogP contribution in [0.3, 0.4) is 0 Å². The standard InChI is InChI=1S/C22H23N3O2/c1-16(18-6-4-3-5-7-18)25-22(26)19-12-20(15-23-14-19)24-13-17-8-10-21(27-2)11-9-17/h3-12,14-16,24H,13H2,1-2H3,(H,25,26). The van der Waals surface area contributed by atoms with Gasteiger partial charge in [0, 0.05) is 18.9 Å². The third-order valence-electron chi connectivity index (χ3n) is 4.30. The average Bonchev–Trinajstić information content (AvgIpc) is 2.73. The van der Waals surface area contributed by atoms with Crippen LogP contribution in [0, 0.1) is 0 Å². The molecule has 27 heavy (non-hydrogen) atoms. The number of ether oxygens (including phenoxy) is 1. The van der Waals surface area contributed by atoms with E-state index in [1.807, 2.05) is 67.6 Å². The second-order valence-electron chi connectivity index (χ2n) is 6.27. The SMILES string of the molecule is COc1ccc(CNc2cncc(C(=O)NC(C)c3ccccc3)c2)cc1. The quantitative estimate of drug-likeness (QED) is 0.662. The Morgan fingerprint density at radius 3 is 2.52 bits per heavy atom. The van der Waals surface area contributed by atoms with Gasteiger partial charge in [0.25, 0.3) is 5.91 Å². The maximum Gasteiger partial charge on any atom is 0.253 e. The first-order valence-corrected chi connectivity index (χ1v) is 8.83. The van der Waals surface area contributed by atoms with Crippen molar-refractivity contribution in [2.24, 2.45) is 0 Å². The summed E-state index contributed by atoms with van der Waals surface area (Å²) in [6.07, 6.45) is 3.28. The largest absolute Gasteiger partial charge is 0.497 e. The van der Waals surface area contributed by atoms with Crippen molar-refractivity contribution in [3.05, 3.63) is 89.7 Å². The third kappa shape index (κ3) is 5.07. The first kappa shape index (κ1) is 18.5. The van der Waals surface area contributed by atoms with E-state index in [0.717, 1.165) is 22.6 Å². The summed E-state index contributed by atoms with van der Waals surface area (Å²) in [5, 5.41) is 6.30. The highest BCUT2D eigenvalue weighted by Gasteiger charge is 2.12. The van der Waals surface area contributed by atoms with Crippen molar-refractivity contribution >= 4 is 11.6 Å². The fourth-order valence-corrected chi connectivity index (χ4v) is 2.71. The third-order valence-corrected chi connectivity index (χ3v) is 4.30. The Bertz CT molecular complexity index is 880. The summed E-state index contributed by atoms with van der Waals surface area (Å²) in [6.45, 7) is 2.60. The zero-order valence-corrected chi connectivity index (χ0v) is 15.5. The second-order valence-corrected chi connectivity index (χ2v) is 6.27. The van der Waals surface area contributed by atoms with E-state index in [9.17, 15) is 4.79 Å². The number of aromatic nitrogens is 1. The Morgan fingerprint density at radius 2 is 1.81 bits per heavy atom. The lowest BCUT2D eigenvalue weighted by Gasteiger charge is -2.14. The molecule has 5 heteroatoms. The molecule has 0 radical (unpaired) electrons. The van der Waals surface area contributed by atoms with Gasteiger partial charge in [-0.1, -0.05) is 42.5 Å². The highest BCUT2D eigenvalue weighted by molar-refractivity contribution is 5.94. The first-order valence-electron chi connectivity index (χ1n) is 8.83. The van der Waals surface area contributed by atoms with Gasteiger partial charge in [-0.15, -0.1) is 0 Å². The lowest BCUT2D eigenvalue weighted by molar-refractivity contribution is 0.0939. The Labute approximate surface area is 159 Å². The van der Waals surface area contributed by atoms with Gasteiger partial charge in [-0.2, -0.15) is 0 Å². The Hall–Kier alpha value is -3.34. The van der Waals surface area contributed by atoms with E-state index in [-0.39, 0.29) is 11.9 Å². The molecule has 138 valence electrons. The van der Waals surface area contributed by atoms with Gasteiger partial charge >= 0.3 is 0 Å². The number of carbonyl (C=O) groups excluding carboxylic acids is 1. The topological polar surface area (TPSA) is 63.2 Å². The highest BCUT2D eigenvalue weighted by atomic mass is 16.5. The molecule has 3 aromatic rings. The molecule has 3 rings (SSSR count). The number of anilines is 1. The summed E-state index contributed by atoms with van der Waals surface area (Å²) in [7, 11) is 1.65. The highest BCUT2D eigenvalue weighted by Crippen LogP contribution is 2.16. The summed E-state index contributed by atoms with van der Waals surface area (Å²) in [6, 6.07) is 19.4. The van der Waals surface area contributed by atoms with Gasteiger partial charge in [-0.25, -0.2) is 0 Å². The van der Waals surface area contributed by atoms with Crippen molar-refractivity contribution < 1.29 is 9.53 Å². The van der Waals surface area contributed by atoms with E-state index in [1.54, 1.807) is 19.5 Å². The number of pyridine rings is 1. The minimum Gasteiger partial charge on any atom is -0.497 e. The molecule has 5 nitrogen and oxygen atoms in total. The molecule has 1 amide bonds. The molecule has 0 bridgehead atoms. The average molecular weight is 361 g/mol. The van der Waals surface area contributed by atoms with Gasteiger partial charge in [-0.05, 0) is 36.2 Å². The van der Waals surface area contributed by atoms with Gasteiger partial charge in [0.05, 0.1) is 24.4 Å². The number of benzene rings is 2. The van der Waals surface area contributed by atoms with Crippen LogP contribution in [0.4, 0.5) is 5.69 Å². The fourth-order valence-electron chi connectivity index (χ4n) is 2.71. The van der Waals surface area contributed by atoms with Gasteiger partial charge in [0.15, 0.2) is 0 Å². The van der Waals surface area contributed by atoms with Gasteiger partial charge in [-0.3, -0.25) is 9.78 Å². The number of hydrogen-bond donors (Lipinski definition) is 2. The van der Waals surface area contributed by atoms with Gasteiger partial charge < -0.3 is 15.4 Å². The van der Waals surface area contributed by atoms with Crippen LogP contribution >= 0.6 is 0 Å². The van der Waals surface area contributed by atoms with Crippen LogP contribution in [0.25, 0.3) is 0 Å². The molecule has 0 aliphatic heterocycles. The Kier molecular flexibility index (Phi) is 6.05. The summed E-state index contributed by atoms with van der Waals surface area (Å²) < 4.78 is 5.16. The van der Waals surface area contributed by atoms with Crippen molar-refractivity contribution in [3.63, 3.8) is 0 Å². The first-order chi connectivity index (χ1) is 13.2. The van der Waals surface area contributed by atoms with Crippen LogP contribution in [0.5, 0.6) is 5.75 Å². The van der Waals surface area contributed by atoms with Crippen molar-refractivity contribution in [2.75, 3.05) is 12.4 Å². The predicted molar refractivity (Wildman–Crippen MR) is 107 cm³/mol. The molecule has 1 unspecified atom stereocenters. The van der Waals surface area contributed by atoms with Crippen LogP contribution in [0.15, 0.2) is 73.1 Å². The van der Waals surface area contributed by atoms with Gasteiger partial charge in [0.2, 0.25) is 0 Å². The zero-order chi connectivity index (χ0) is 19.1. The second kappa shape index (κ2) is 8.85. The van der Waals surface area contributed by atoms with Crippen molar-refractivity contribution in [3.8, 4) is 5.75 Å². The molecule has 0 aliphatic rings. The molecule has 2 N–H and O–H groups in total. The molecular weight excluding hydrogens is 338 g/mol. The summed E-state index contributed by atoms with van der Waals surface area (Å²) in [5.74, 6) is 0.679. The summed E-state index contributed by atoms with van der Waals surface area (Å²) >= 11 is 0. The van der Waals surface area contributed by atoms with E-state index in [1.165, 1.54) is 0 Å². The van der Waals surface area contributed by atoms with E-state index < -0.39 is 0 Å². The molecule has 1 heterocycles. The Balaban J connectivity index is 1.61. The number of rotatable bonds is 7. The monoisotopic (exact) mass is 361 g/mol. The van der Waals surface area contributed by atoms with Crippen LogP contribution < -0.4 is 15.4 Å². The van der Waals surface area contributed by atoms with E-state index in [2.05, 4.69) is 15.6 Å². The number of amides is 1. The van der Waals surface area contributed by atoms with Crippen LogP contribution in [-0.4, -0.2) is 18.0 Å². The molecule has 0 fully saturated rings. The van der Waals surface area contributed by atoms with Crippen LogP contribution in [0.2, 0.25) is 0 Å². The lowest BCUT2D eigenvalue weighted by atomic mass is 10.1.